The van der Waals surface area contributed by atoms with Crippen molar-refractivity contribution in [2.75, 3.05) is 7.05 Å². The van der Waals surface area contributed by atoms with Crippen LogP contribution in [0.15, 0.2) is 40.7 Å². The molecule has 3 nitrogen and oxygen atoms in total. The van der Waals surface area contributed by atoms with Crippen molar-refractivity contribution >= 4 is 28.9 Å². The molecule has 0 aliphatic heterocycles. The minimum absolute atomic E-state index is 0.656. The lowest BCUT2D eigenvalue weighted by molar-refractivity contribution is 0.813. The summed E-state index contributed by atoms with van der Waals surface area (Å²) in [6, 6.07) is 9.93. The molecule has 2 N–H and O–H groups in total. The summed E-state index contributed by atoms with van der Waals surface area (Å²) in [5.74, 6) is 0.776. The third-order valence-electron chi connectivity index (χ3n) is 3.01. The van der Waals surface area contributed by atoms with Gasteiger partial charge in [-0.15, -0.1) is 11.3 Å². The average molecular weight is 308 g/mol. The second-order valence-electron chi connectivity index (χ2n) is 4.40. The summed E-state index contributed by atoms with van der Waals surface area (Å²) in [5.41, 5.74) is 2.37. The molecule has 2 rings (SSSR count). The number of hydrogen-bond acceptors (Lipinski definition) is 2. The summed E-state index contributed by atoms with van der Waals surface area (Å²) in [5, 5.41) is 9.45. The summed E-state index contributed by atoms with van der Waals surface area (Å²) in [6.45, 7) is 3.56. The van der Waals surface area contributed by atoms with Crippen molar-refractivity contribution in [2.45, 2.75) is 20.0 Å². The van der Waals surface area contributed by atoms with Gasteiger partial charge in [-0.3, -0.25) is 4.99 Å². The number of benzene rings is 1. The lowest BCUT2D eigenvalue weighted by Gasteiger charge is -2.12. The van der Waals surface area contributed by atoms with Crippen LogP contribution < -0.4 is 10.6 Å². The summed E-state index contributed by atoms with van der Waals surface area (Å²) in [7, 11) is 1.77. The number of hydrogen-bond donors (Lipinski definition) is 2. The highest BCUT2D eigenvalue weighted by molar-refractivity contribution is 7.10. The minimum Gasteiger partial charge on any atom is -0.352 e. The van der Waals surface area contributed by atoms with Gasteiger partial charge in [-0.2, -0.15) is 0 Å². The van der Waals surface area contributed by atoms with Gasteiger partial charge in [0.25, 0.3) is 0 Å². The van der Waals surface area contributed by atoms with Crippen LogP contribution in [-0.2, 0) is 13.1 Å². The fourth-order valence-corrected chi connectivity index (χ4v) is 2.84. The van der Waals surface area contributed by atoms with Gasteiger partial charge >= 0.3 is 0 Å². The van der Waals surface area contributed by atoms with Crippen LogP contribution in [0.3, 0.4) is 0 Å². The smallest absolute Gasteiger partial charge is 0.191 e. The van der Waals surface area contributed by atoms with Gasteiger partial charge in [-0.1, -0.05) is 29.8 Å². The Kier molecular flexibility index (Phi) is 5.44. The van der Waals surface area contributed by atoms with E-state index in [0.717, 1.165) is 23.1 Å². The molecule has 20 heavy (non-hydrogen) atoms. The molecule has 5 heteroatoms. The van der Waals surface area contributed by atoms with Crippen molar-refractivity contribution in [3.63, 3.8) is 0 Å². The van der Waals surface area contributed by atoms with Crippen molar-refractivity contribution in [1.82, 2.24) is 10.6 Å². The number of guanidine groups is 1. The molecule has 0 unspecified atom stereocenters. The van der Waals surface area contributed by atoms with Crippen LogP contribution >= 0.6 is 22.9 Å². The number of nitrogens with zero attached hydrogens (tertiary/aromatic N) is 1. The van der Waals surface area contributed by atoms with Crippen molar-refractivity contribution in [1.29, 1.82) is 0 Å². The molecule has 1 aromatic carbocycles. The Balaban J connectivity index is 1.87. The Hall–Kier alpha value is -1.52. The Labute approximate surface area is 128 Å². The van der Waals surface area contributed by atoms with Crippen LogP contribution in [0, 0.1) is 6.92 Å². The predicted molar refractivity (Wildman–Crippen MR) is 87.5 cm³/mol. The molecule has 0 radical (unpaired) electrons. The van der Waals surface area contributed by atoms with E-state index in [9.17, 15) is 0 Å². The average Bonchev–Trinajstić information content (AvgIpc) is 2.86. The van der Waals surface area contributed by atoms with Crippen LogP contribution in [0.4, 0.5) is 0 Å². The molecule has 0 spiro atoms. The van der Waals surface area contributed by atoms with Gasteiger partial charge in [0.15, 0.2) is 5.96 Å². The van der Waals surface area contributed by atoms with Crippen LogP contribution in [0.1, 0.15) is 16.0 Å². The summed E-state index contributed by atoms with van der Waals surface area (Å²) < 4.78 is 0. The fraction of sp³-hybridized carbons (Fsp3) is 0.267. The lowest BCUT2D eigenvalue weighted by Crippen LogP contribution is -2.36. The molecule has 0 aliphatic carbocycles. The van der Waals surface area contributed by atoms with Gasteiger partial charge in [0, 0.05) is 23.5 Å². The fourth-order valence-electron chi connectivity index (χ4n) is 1.79. The molecular formula is C15H18ClN3S. The number of halogens is 1. The van der Waals surface area contributed by atoms with E-state index in [1.54, 1.807) is 18.4 Å². The van der Waals surface area contributed by atoms with E-state index < -0.39 is 0 Å². The number of rotatable bonds is 4. The molecule has 0 aliphatic rings. The molecule has 106 valence electrons. The number of thiophene rings is 1. The first-order chi connectivity index (χ1) is 9.70. The van der Waals surface area contributed by atoms with Crippen molar-refractivity contribution in [2.24, 2.45) is 4.99 Å². The molecule has 1 heterocycles. The first-order valence-electron chi connectivity index (χ1n) is 6.41. The second kappa shape index (κ2) is 7.31. The summed E-state index contributed by atoms with van der Waals surface area (Å²) in [6.07, 6.45) is 0. The molecule has 0 atom stereocenters. The van der Waals surface area contributed by atoms with E-state index in [2.05, 4.69) is 34.0 Å². The SMILES string of the molecule is CN=C(NCc1ccccc1Cl)NCc1sccc1C. The molecule has 0 saturated carbocycles. The van der Waals surface area contributed by atoms with Crippen LogP contribution in [0.25, 0.3) is 0 Å². The van der Waals surface area contributed by atoms with E-state index in [0.29, 0.717) is 6.54 Å². The Morgan fingerprint density at radius 1 is 1.20 bits per heavy atom. The van der Waals surface area contributed by atoms with Gasteiger partial charge in [0.2, 0.25) is 0 Å². The first kappa shape index (κ1) is 14.9. The number of aliphatic imine (C=N–C) groups is 1. The molecule has 1 aromatic heterocycles. The quantitative estimate of drug-likeness (QED) is 0.669. The zero-order valence-corrected chi connectivity index (χ0v) is 13.2. The van der Waals surface area contributed by atoms with Crippen molar-refractivity contribution < 1.29 is 0 Å². The Morgan fingerprint density at radius 2 is 1.95 bits per heavy atom. The van der Waals surface area contributed by atoms with Gasteiger partial charge in [-0.05, 0) is 35.6 Å². The third kappa shape index (κ3) is 3.99. The highest BCUT2D eigenvalue weighted by Gasteiger charge is 2.03. The van der Waals surface area contributed by atoms with Gasteiger partial charge in [0.05, 0.1) is 6.54 Å². The third-order valence-corrected chi connectivity index (χ3v) is 4.40. The van der Waals surface area contributed by atoms with E-state index in [-0.39, 0.29) is 0 Å². The number of nitrogens with one attached hydrogen (secondary N) is 2. The normalized spacial score (nSPS) is 11.4. The minimum atomic E-state index is 0.656. The van der Waals surface area contributed by atoms with Crippen LogP contribution in [-0.4, -0.2) is 13.0 Å². The molecule has 0 fully saturated rings. The van der Waals surface area contributed by atoms with Gasteiger partial charge in [-0.25, -0.2) is 0 Å². The standard InChI is InChI=1S/C15H18ClN3S/c1-11-7-8-20-14(11)10-19-15(17-2)18-9-12-5-3-4-6-13(12)16/h3-8H,9-10H2,1-2H3,(H2,17,18,19). The molecule has 0 amide bonds. The highest BCUT2D eigenvalue weighted by atomic mass is 35.5. The number of aryl methyl sites for hydroxylation is 1. The Morgan fingerprint density at radius 3 is 2.60 bits per heavy atom. The maximum absolute atomic E-state index is 6.13. The summed E-state index contributed by atoms with van der Waals surface area (Å²) in [4.78, 5) is 5.54. The maximum atomic E-state index is 6.13. The zero-order chi connectivity index (χ0) is 14.4. The topological polar surface area (TPSA) is 36.4 Å². The second-order valence-corrected chi connectivity index (χ2v) is 5.81. The zero-order valence-electron chi connectivity index (χ0n) is 11.6. The predicted octanol–water partition coefficient (Wildman–Crippen LogP) is 3.58. The van der Waals surface area contributed by atoms with Gasteiger partial charge in [0.1, 0.15) is 0 Å². The monoisotopic (exact) mass is 307 g/mol. The van der Waals surface area contributed by atoms with Crippen molar-refractivity contribution in [3.8, 4) is 0 Å². The van der Waals surface area contributed by atoms with Gasteiger partial charge < -0.3 is 10.6 Å². The largest absolute Gasteiger partial charge is 0.352 e. The molecule has 0 saturated heterocycles. The van der Waals surface area contributed by atoms with E-state index in [4.69, 9.17) is 11.6 Å². The lowest BCUT2D eigenvalue weighted by atomic mass is 10.2. The van der Waals surface area contributed by atoms with Crippen molar-refractivity contribution in [3.05, 3.63) is 56.7 Å². The molecule has 0 bridgehead atoms. The van der Waals surface area contributed by atoms with Crippen LogP contribution in [0.5, 0.6) is 0 Å². The molecular weight excluding hydrogens is 290 g/mol. The summed E-state index contributed by atoms with van der Waals surface area (Å²) >= 11 is 7.88. The Bertz CT molecular complexity index is 592. The highest BCUT2D eigenvalue weighted by Crippen LogP contribution is 2.15. The van der Waals surface area contributed by atoms with E-state index in [1.807, 2.05) is 24.3 Å². The first-order valence-corrected chi connectivity index (χ1v) is 7.67. The molecule has 2 aromatic rings. The van der Waals surface area contributed by atoms with Crippen LogP contribution in [0.2, 0.25) is 5.02 Å². The maximum Gasteiger partial charge on any atom is 0.191 e. The van der Waals surface area contributed by atoms with E-state index in [1.165, 1.54) is 10.4 Å². The van der Waals surface area contributed by atoms with E-state index >= 15 is 0 Å².